The largest absolute Gasteiger partial charge is 0.507 e. The molecular formula is C16H16Cl2N2O3. The first-order chi connectivity index (χ1) is 10.7. The van der Waals surface area contributed by atoms with Crippen LogP contribution in [0.5, 0.6) is 11.5 Å². The van der Waals surface area contributed by atoms with Gasteiger partial charge in [-0.2, -0.15) is 0 Å². The Hall–Kier alpha value is -1.98. The van der Waals surface area contributed by atoms with Gasteiger partial charge in [-0.25, -0.2) is 0 Å². The Morgan fingerprint density at radius 1 is 1.13 bits per heavy atom. The van der Waals surface area contributed by atoms with Crippen LogP contribution in [-0.2, 0) is 4.84 Å². The number of hydrogen-bond acceptors (Lipinski definition) is 5. The molecule has 1 heterocycles. The maximum atomic E-state index is 10.2. The van der Waals surface area contributed by atoms with E-state index in [9.17, 15) is 10.2 Å². The zero-order valence-electron chi connectivity index (χ0n) is 12.8. The summed E-state index contributed by atoms with van der Waals surface area (Å²) in [5, 5.41) is 24.7. The third kappa shape index (κ3) is 4.27. The van der Waals surface area contributed by atoms with Crippen molar-refractivity contribution >= 4 is 28.9 Å². The minimum atomic E-state index is -0.568. The fourth-order valence-electron chi connectivity index (χ4n) is 1.71. The molecule has 0 radical (unpaired) electrons. The molecule has 0 amide bonds. The topological polar surface area (TPSA) is 74.9 Å². The fourth-order valence-corrected chi connectivity index (χ4v) is 2.03. The standard InChI is InChI=1S/C16H16Cl2N2O3/c1-16(2,3)23-20-14(15-12(21)5-4-6-19-15)9-7-10(17)11(18)8-13(9)22/h4-8,21-22H,1-3H3. The van der Waals surface area contributed by atoms with Gasteiger partial charge in [-0.15, -0.1) is 0 Å². The maximum Gasteiger partial charge on any atom is 0.143 e. The summed E-state index contributed by atoms with van der Waals surface area (Å²) in [6.07, 6.45) is 1.50. The summed E-state index contributed by atoms with van der Waals surface area (Å²) in [5.74, 6) is -0.255. The molecule has 0 aliphatic rings. The molecule has 5 nitrogen and oxygen atoms in total. The van der Waals surface area contributed by atoms with Gasteiger partial charge in [0.15, 0.2) is 0 Å². The second-order valence-corrected chi connectivity index (χ2v) is 6.61. The van der Waals surface area contributed by atoms with Crippen LogP contribution in [0.25, 0.3) is 0 Å². The van der Waals surface area contributed by atoms with E-state index in [1.165, 1.54) is 24.4 Å². The number of benzene rings is 1. The van der Waals surface area contributed by atoms with Crippen molar-refractivity contribution in [1.82, 2.24) is 4.98 Å². The lowest BCUT2D eigenvalue weighted by Gasteiger charge is -2.18. The predicted molar refractivity (Wildman–Crippen MR) is 90.5 cm³/mol. The van der Waals surface area contributed by atoms with Gasteiger partial charge in [-0.1, -0.05) is 28.4 Å². The molecule has 0 bridgehead atoms. The molecule has 2 rings (SSSR count). The number of oxime groups is 1. The van der Waals surface area contributed by atoms with E-state index in [-0.39, 0.29) is 38.5 Å². The average Bonchev–Trinajstić information content (AvgIpc) is 2.45. The van der Waals surface area contributed by atoms with E-state index < -0.39 is 5.60 Å². The molecule has 1 aromatic heterocycles. The Labute approximate surface area is 144 Å². The van der Waals surface area contributed by atoms with Crippen LogP contribution in [0.15, 0.2) is 35.6 Å². The molecule has 0 atom stereocenters. The van der Waals surface area contributed by atoms with E-state index in [0.717, 1.165) is 0 Å². The Morgan fingerprint density at radius 2 is 1.78 bits per heavy atom. The summed E-state index contributed by atoms with van der Waals surface area (Å²) in [6.45, 7) is 5.46. The molecule has 0 saturated carbocycles. The van der Waals surface area contributed by atoms with Gasteiger partial charge in [0.2, 0.25) is 0 Å². The van der Waals surface area contributed by atoms with Crippen LogP contribution in [0.1, 0.15) is 32.0 Å². The highest BCUT2D eigenvalue weighted by Crippen LogP contribution is 2.32. The van der Waals surface area contributed by atoms with Crippen molar-refractivity contribution in [1.29, 1.82) is 0 Å². The SMILES string of the molecule is CC(C)(C)ON=C(c1cc(Cl)c(Cl)cc1O)c1ncccc1O. The zero-order chi connectivity index (χ0) is 17.2. The Bertz CT molecular complexity index is 755. The molecule has 1 aromatic carbocycles. The highest BCUT2D eigenvalue weighted by Gasteiger charge is 2.21. The van der Waals surface area contributed by atoms with Gasteiger partial charge < -0.3 is 15.1 Å². The van der Waals surface area contributed by atoms with Crippen molar-refractivity contribution in [2.45, 2.75) is 26.4 Å². The quantitative estimate of drug-likeness (QED) is 0.633. The second-order valence-electron chi connectivity index (χ2n) is 5.80. The average molecular weight is 355 g/mol. The molecule has 2 aromatic rings. The van der Waals surface area contributed by atoms with Crippen LogP contribution >= 0.6 is 23.2 Å². The number of phenolic OH excluding ortho intramolecular Hbond substituents is 1. The van der Waals surface area contributed by atoms with E-state index in [1.807, 2.05) is 20.8 Å². The molecule has 0 fully saturated rings. The molecular weight excluding hydrogens is 339 g/mol. The Kier molecular flexibility index (Phi) is 5.02. The van der Waals surface area contributed by atoms with Gasteiger partial charge >= 0.3 is 0 Å². The number of hydrogen-bond donors (Lipinski definition) is 2. The number of halogens is 2. The van der Waals surface area contributed by atoms with Crippen LogP contribution in [0.2, 0.25) is 10.0 Å². The number of aromatic hydroxyl groups is 2. The molecule has 2 N–H and O–H groups in total. The van der Waals surface area contributed by atoms with Gasteiger partial charge in [-0.3, -0.25) is 4.98 Å². The lowest BCUT2D eigenvalue weighted by atomic mass is 10.0. The predicted octanol–water partition coefficient (Wildman–Crippen LogP) is 4.37. The first-order valence-corrected chi connectivity index (χ1v) is 7.53. The van der Waals surface area contributed by atoms with E-state index >= 15 is 0 Å². The van der Waals surface area contributed by atoms with E-state index in [1.54, 1.807) is 6.07 Å². The van der Waals surface area contributed by atoms with Gasteiger partial charge in [0.1, 0.15) is 28.5 Å². The van der Waals surface area contributed by atoms with Gasteiger partial charge in [0, 0.05) is 17.8 Å². The van der Waals surface area contributed by atoms with E-state index in [0.29, 0.717) is 0 Å². The number of phenols is 1. The van der Waals surface area contributed by atoms with E-state index in [4.69, 9.17) is 28.0 Å². The van der Waals surface area contributed by atoms with Crippen molar-refractivity contribution in [3.8, 4) is 11.5 Å². The summed E-state index contributed by atoms with van der Waals surface area (Å²) >= 11 is 11.9. The maximum absolute atomic E-state index is 10.2. The van der Waals surface area contributed by atoms with Crippen molar-refractivity contribution in [3.63, 3.8) is 0 Å². The second kappa shape index (κ2) is 6.64. The molecule has 122 valence electrons. The molecule has 0 aliphatic heterocycles. The number of rotatable bonds is 3. The normalized spacial score (nSPS) is 12.3. The molecule has 0 spiro atoms. The van der Waals surface area contributed by atoms with Crippen LogP contribution < -0.4 is 0 Å². The minimum Gasteiger partial charge on any atom is -0.507 e. The first kappa shape index (κ1) is 17.4. The number of aromatic nitrogens is 1. The van der Waals surface area contributed by atoms with Gasteiger partial charge in [0.25, 0.3) is 0 Å². The van der Waals surface area contributed by atoms with E-state index in [2.05, 4.69) is 10.1 Å². The van der Waals surface area contributed by atoms with Crippen LogP contribution in [0.4, 0.5) is 0 Å². The lowest BCUT2D eigenvalue weighted by Crippen LogP contribution is -2.18. The minimum absolute atomic E-state index is 0.103. The van der Waals surface area contributed by atoms with Crippen molar-refractivity contribution < 1.29 is 15.1 Å². The fraction of sp³-hybridized carbons (Fsp3) is 0.250. The number of nitrogens with zero attached hydrogens (tertiary/aromatic N) is 2. The van der Waals surface area contributed by atoms with Gasteiger partial charge in [-0.05, 0) is 39.0 Å². The van der Waals surface area contributed by atoms with Crippen molar-refractivity contribution in [2.75, 3.05) is 0 Å². The third-order valence-electron chi connectivity index (χ3n) is 2.72. The monoisotopic (exact) mass is 354 g/mol. The van der Waals surface area contributed by atoms with Gasteiger partial charge in [0.05, 0.1) is 10.0 Å². The highest BCUT2D eigenvalue weighted by molar-refractivity contribution is 6.42. The summed E-state index contributed by atoms with van der Waals surface area (Å²) in [7, 11) is 0. The zero-order valence-corrected chi connectivity index (χ0v) is 14.4. The van der Waals surface area contributed by atoms with Crippen LogP contribution in [0.3, 0.4) is 0 Å². The smallest absolute Gasteiger partial charge is 0.143 e. The highest BCUT2D eigenvalue weighted by atomic mass is 35.5. The summed E-state index contributed by atoms with van der Waals surface area (Å²) in [5.41, 5.74) is -0.0150. The summed E-state index contributed by atoms with van der Waals surface area (Å²) in [6, 6.07) is 5.78. The van der Waals surface area contributed by atoms with Crippen LogP contribution in [0, 0.1) is 0 Å². The molecule has 23 heavy (non-hydrogen) atoms. The van der Waals surface area contributed by atoms with Crippen molar-refractivity contribution in [2.24, 2.45) is 5.16 Å². The van der Waals surface area contributed by atoms with Crippen LogP contribution in [-0.4, -0.2) is 26.5 Å². The molecule has 0 aliphatic carbocycles. The summed E-state index contributed by atoms with van der Waals surface area (Å²) < 4.78 is 0. The lowest BCUT2D eigenvalue weighted by molar-refractivity contribution is 0.00109. The first-order valence-electron chi connectivity index (χ1n) is 6.78. The Morgan fingerprint density at radius 3 is 2.39 bits per heavy atom. The Balaban J connectivity index is 2.64. The van der Waals surface area contributed by atoms with Crippen molar-refractivity contribution in [3.05, 3.63) is 51.8 Å². The molecule has 0 saturated heterocycles. The number of pyridine rings is 1. The molecule has 0 unspecified atom stereocenters. The third-order valence-corrected chi connectivity index (χ3v) is 3.44. The molecule has 7 heteroatoms. The summed E-state index contributed by atoms with van der Waals surface area (Å²) in [4.78, 5) is 9.53.